The van der Waals surface area contributed by atoms with E-state index in [1.807, 2.05) is 0 Å². The van der Waals surface area contributed by atoms with Crippen LogP contribution in [0.15, 0.2) is 0 Å². The van der Waals surface area contributed by atoms with E-state index in [0.717, 1.165) is 10.6 Å². The Morgan fingerprint density at radius 3 is 2.33 bits per heavy atom. The molecular weight excluding hydrogens is 275 g/mol. The summed E-state index contributed by atoms with van der Waals surface area (Å²) in [6, 6.07) is -0.499. The molecule has 18 heavy (non-hydrogen) atoms. The van der Waals surface area contributed by atoms with E-state index in [9.17, 15) is 18.3 Å². The van der Waals surface area contributed by atoms with Gasteiger partial charge in [0.25, 0.3) is 0 Å². The molecule has 6 nitrogen and oxygen atoms in total. The molecule has 1 amide bonds. The third-order valence-electron chi connectivity index (χ3n) is 2.76. The van der Waals surface area contributed by atoms with E-state index in [0.29, 0.717) is 6.16 Å². The molecule has 0 aromatic heterocycles. The fourth-order valence-corrected chi connectivity index (χ4v) is 1.76. The summed E-state index contributed by atoms with van der Waals surface area (Å²) in [5.74, 6) is -0.309. The lowest BCUT2D eigenvalue weighted by molar-refractivity contribution is -0.125. The van der Waals surface area contributed by atoms with E-state index in [4.69, 9.17) is 0 Å². The van der Waals surface area contributed by atoms with Crippen molar-refractivity contribution in [3.05, 3.63) is 0 Å². The summed E-state index contributed by atoms with van der Waals surface area (Å²) in [4.78, 5) is 11.6. The van der Waals surface area contributed by atoms with Gasteiger partial charge in [0.05, 0.1) is 18.4 Å². The maximum atomic E-state index is 11.6. The summed E-state index contributed by atoms with van der Waals surface area (Å²) in [7, 11) is 0.544. The molecule has 0 aromatic carbocycles. The molecule has 0 aliphatic carbocycles. The number of carbonyl (C=O) groups excluding carboxylic acids is 1. The van der Waals surface area contributed by atoms with E-state index in [1.165, 1.54) is 7.05 Å². The zero-order valence-corrected chi connectivity index (χ0v) is 13.2. The van der Waals surface area contributed by atoms with Gasteiger partial charge >= 0.3 is 0 Å². The highest BCUT2D eigenvalue weighted by Gasteiger charge is 2.23. The number of hydrogen-bond donors (Lipinski definition) is 2. The van der Waals surface area contributed by atoms with Crippen molar-refractivity contribution in [3.8, 4) is 0 Å². The minimum atomic E-state index is -3.32. The number of carbonyl (C=O) groups is 1. The van der Waals surface area contributed by atoms with Crippen LogP contribution in [0.4, 0.5) is 0 Å². The van der Waals surface area contributed by atoms with Crippen molar-refractivity contribution in [1.29, 1.82) is 0 Å². The summed E-state index contributed by atoms with van der Waals surface area (Å²) in [6.45, 7) is 3.38. The molecule has 0 aromatic rings. The highest BCUT2D eigenvalue weighted by atomic mass is 32.2. The quantitative estimate of drug-likeness (QED) is 0.606. The Hall–Kier alpha value is -0.230. The molecule has 0 rings (SSSR count). The van der Waals surface area contributed by atoms with Gasteiger partial charge in [-0.05, 0) is 13.1 Å². The zero-order chi connectivity index (χ0) is 14.5. The van der Waals surface area contributed by atoms with Crippen LogP contribution in [0.3, 0.4) is 0 Å². The first-order valence-corrected chi connectivity index (χ1v) is 8.35. The number of nitrogens with zero attached hydrogens (tertiary/aromatic N) is 1. The number of likely N-dealkylation sites (N-methyl/N-ethyl adjacent to an activating group) is 1. The van der Waals surface area contributed by atoms with Crippen LogP contribution in [0.2, 0.25) is 0 Å². The van der Waals surface area contributed by atoms with E-state index < -0.39 is 22.2 Å². The van der Waals surface area contributed by atoms with Crippen molar-refractivity contribution in [2.24, 2.45) is 5.92 Å². The number of sulfonamides is 1. The first-order chi connectivity index (χ1) is 8.09. The van der Waals surface area contributed by atoms with E-state index in [1.54, 1.807) is 13.8 Å². The van der Waals surface area contributed by atoms with Crippen LogP contribution in [0.5, 0.6) is 0 Å². The molecule has 0 spiro atoms. The molecule has 0 aliphatic rings. The largest absolute Gasteiger partial charge is 0.390 e. The van der Waals surface area contributed by atoms with Crippen molar-refractivity contribution in [1.82, 2.24) is 9.62 Å². The number of aliphatic hydroxyl groups excluding tert-OH is 1. The number of hydrogen-bond acceptors (Lipinski definition) is 4. The van der Waals surface area contributed by atoms with Gasteiger partial charge in [0.1, 0.15) is 0 Å². The summed E-state index contributed by atoms with van der Waals surface area (Å²) in [5.41, 5.74) is 0. The Morgan fingerprint density at radius 1 is 1.44 bits per heavy atom. The Bertz CT molecular complexity index is 374. The minimum Gasteiger partial charge on any atom is -0.390 e. The lowest BCUT2D eigenvalue weighted by atomic mass is 10.1. The summed E-state index contributed by atoms with van der Waals surface area (Å²) in [6.07, 6.45) is 0.766. The molecule has 0 radical (unpaired) electrons. The van der Waals surface area contributed by atoms with Gasteiger partial charge in [0.15, 0.2) is 0 Å². The van der Waals surface area contributed by atoms with Crippen molar-refractivity contribution >= 4 is 25.2 Å². The summed E-state index contributed by atoms with van der Waals surface area (Å²) in [5, 5.41) is 12.5. The minimum absolute atomic E-state index is 0.0461. The molecule has 0 bridgehead atoms. The third kappa shape index (κ3) is 6.09. The predicted molar refractivity (Wildman–Crippen MR) is 74.8 cm³/mol. The number of rotatable bonds is 7. The topological polar surface area (TPSA) is 86.7 Å². The average Bonchev–Trinajstić information content (AvgIpc) is 2.26. The van der Waals surface area contributed by atoms with Crippen molar-refractivity contribution in [3.63, 3.8) is 0 Å². The molecule has 0 aliphatic heterocycles. The van der Waals surface area contributed by atoms with Crippen LogP contribution >= 0.6 is 9.24 Å². The SMILES string of the molecule is CC(CP)C(=O)NC(C)C(O)CN(C)S(C)(=O)=O. The Morgan fingerprint density at radius 2 is 1.94 bits per heavy atom. The molecule has 0 heterocycles. The molecule has 0 saturated carbocycles. The standard InChI is InChI=1S/C10H23N2O4PS/c1-7(6-17)10(14)11-8(2)9(13)5-12(3)18(4,15)16/h7-9,13H,5-6,17H2,1-4H3,(H,11,14). The monoisotopic (exact) mass is 298 g/mol. The number of aliphatic hydroxyl groups is 1. The van der Waals surface area contributed by atoms with Crippen molar-refractivity contribution < 1.29 is 18.3 Å². The second-order valence-electron chi connectivity index (χ2n) is 4.54. The molecule has 4 atom stereocenters. The van der Waals surface area contributed by atoms with Gasteiger partial charge < -0.3 is 10.4 Å². The van der Waals surface area contributed by atoms with Crippen LogP contribution in [0.25, 0.3) is 0 Å². The van der Waals surface area contributed by atoms with Gasteiger partial charge in [-0.25, -0.2) is 12.7 Å². The van der Waals surface area contributed by atoms with Gasteiger partial charge in [-0.3, -0.25) is 4.79 Å². The van der Waals surface area contributed by atoms with E-state index in [2.05, 4.69) is 14.6 Å². The first-order valence-electron chi connectivity index (χ1n) is 5.69. The molecule has 108 valence electrons. The average molecular weight is 298 g/mol. The van der Waals surface area contributed by atoms with Crippen molar-refractivity contribution in [2.75, 3.05) is 26.0 Å². The van der Waals surface area contributed by atoms with Crippen LogP contribution in [-0.4, -0.2) is 61.9 Å². The molecule has 8 heteroatoms. The zero-order valence-electron chi connectivity index (χ0n) is 11.3. The fraction of sp³-hybridized carbons (Fsp3) is 0.900. The normalized spacial score (nSPS) is 17.3. The lowest BCUT2D eigenvalue weighted by Crippen LogP contribution is -2.48. The van der Waals surface area contributed by atoms with Crippen LogP contribution in [0.1, 0.15) is 13.8 Å². The van der Waals surface area contributed by atoms with Gasteiger partial charge in [-0.15, -0.1) is 9.24 Å². The first kappa shape index (κ1) is 17.8. The Kier molecular flexibility index (Phi) is 7.29. The highest BCUT2D eigenvalue weighted by Crippen LogP contribution is 2.04. The summed E-state index contributed by atoms with van der Waals surface area (Å²) < 4.78 is 23.4. The van der Waals surface area contributed by atoms with Gasteiger partial charge in [-0.1, -0.05) is 6.92 Å². The van der Waals surface area contributed by atoms with Crippen LogP contribution in [-0.2, 0) is 14.8 Å². The molecular formula is C10H23N2O4PS. The highest BCUT2D eigenvalue weighted by molar-refractivity contribution is 7.88. The number of amides is 1. The van der Waals surface area contributed by atoms with E-state index >= 15 is 0 Å². The number of nitrogens with one attached hydrogen (secondary N) is 1. The fourth-order valence-electron chi connectivity index (χ4n) is 1.13. The predicted octanol–water partition coefficient (Wildman–Crippen LogP) is -0.745. The van der Waals surface area contributed by atoms with Crippen LogP contribution in [0, 0.1) is 5.92 Å². The smallest absolute Gasteiger partial charge is 0.223 e. The second kappa shape index (κ2) is 7.38. The van der Waals surface area contributed by atoms with Gasteiger partial charge in [0, 0.05) is 19.5 Å². The Labute approximate surface area is 111 Å². The van der Waals surface area contributed by atoms with Crippen molar-refractivity contribution in [2.45, 2.75) is 26.0 Å². The van der Waals surface area contributed by atoms with E-state index in [-0.39, 0.29) is 18.4 Å². The lowest BCUT2D eigenvalue weighted by Gasteiger charge is -2.25. The third-order valence-corrected chi connectivity index (χ3v) is 4.75. The van der Waals surface area contributed by atoms with Gasteiger partial charge in [0.2, 0.25) is 15.9 Å². The molecule has 2 N–H and O–H groups in total. The Balaban J connectivity index is 4.36. The van der Waals surface area contributed by atoms with Gasteiger partial charge in [-0.2, -0.15) is 0 Å². The second-order valence-corrected chi connectivity index (χ2v) is 7.11. The van der Waals surface area contributed by atoms with Crippen LogP contribution < -0.4 is 5.32 Å². The maximum Gasteiger partial charge on any atom is 0.223 e. The maximum absolute atomic E-state index is 11.6. The molecule has 4 unspecified atom stereocenters. The molecule has 0 saturated heterocycles. The summed E-state index contributed by atoms with van der Waals surface area (Å²) >= 11 is 0. The molecule has 0 fully saturated rings.